The molecule has 3 N–H and O–H groups in total. The van der Waals surface area contributed by atoms with E-state index in [0.717, 1.165) is 0 Å². The molecule has 2 amide bonds. The predicted molar refractivity (Wildman–Crippen MR) is 98.4 cm³/mol. The number of carbonyl (C=O) groups is 2. The molecule has 0 aliphatic rings. The normalized spacial score (nSPS) is 11.7. The van der Waals surface area contributed by atoms with Gasteiger partial charge in [-0.3, -0.25) is 9.59 Å². The number of benzene rings is 2. The molecule has 0 radical (unpaired) electrons. The van der Waals surface area contributed by atoms with E-state index in [1.54, 1.807) is 37.4 Å². The Morgan fingerprint density at radius 3 is 2.11 bits per heavy atom. The highest BCUT2D eigenvalue weighted by Crippen LogP contribution is 2.25. The minimum Gasteiger partial charge on any atom is -0.433 e. The number of anilines is 2. The second-order valence-electron chi connectivity index (χ2n) is 5.76. The lowest BCUT2D eigenvalue weighted by atomic mass is 10.3. The molecule has 0 bridgehead atoms. The second kappa shape index (κ2) is 9.84. The summed E-state index contributed by atoms with van der Waals surface area (Å²) in [6.45, 7) is -3.02. The van der Waals surface area contributed by atoms with Crippen LogP contribution in [0.5, 0.6) is 5.75 Å². The summed E-state index contributed by atoms with van der Waals surface area (Å²) in [7, 11) is 1.66. The summed E-state index contributed by atoms with van der Waals surface area (Å²) in [4.78, 5) is 24.8. The molecular formula is C18H19ClF2N3O3+. The molecule has 2 aromatic rings. The highest BCUT2D eigenvalue weighted by atomic mass is 35.5. The Kier molecular flexibility index (Phi) is 7.51. The van der Waals surface area contributed by atoms with Gasteiger partial charge in [-0.2, -0.15) is 8.78 Å². The highest BCUT2D eigenvalue weighted by Gasteiger charge is 2.17. The largest absolute Gasteiger partial charge is 0.433 e. The summed E-state index contributed by atoms with van der Waals surface area (Å²) in [5, 5.41) is 5.59. The zero-order valence-electron chi connectivity index (χ0n) is 14.5. The van der Waals surface area contributed by atoms with E-state index >= 15 is 0 Å². The van der Waals surface area contributed by atoms with Crippen molar-refractivity contribution < 1.29 is 28.0 Å². The third kappa shape index (κ3) is 6.84. The van der Waals surface area contributed by atoms with Gasteiger partial charge in [-0.25, -0.2) is 0 Å². The van der Waals surface area contributed by atoms with Crippen LogP contribution in [0.25, 0.3) is 0 Å². The van der Waals surface area contributed by atoms with E-state index in [0.29, 0.717) is 15.6 Å². The molecule has 0 fully saturated rings. The average molecular weight is 399 g/mol. The van der Waals surface area contributed by atoms with E-state index in [-0.39, 0.29) is 30.4 Å². The van der Waals surface area contributed by atoms with Crippen molar-refractivity contribution in [2.24, 2.45) is 0 Å². The summed E-state index contributed by atoms with van der Waals surface area (Å²) in [5.41, 5.74) is 0.621. The molecule has 2 rings (SSSR count). The minimum absolute atomic E-state index is 0.0217. The van der Waals surface area contributed by atoms with Gasteiger partial charge in [-0.05, 0) is 24.3 Å². The van der Waals surface area contributed by atoms with E-state index in [4.69, 9.17) is 11.6 Å². The number of halogens is 3. The number of likely N-dealkylation sites (N-methyl/N-ethyl adjacent to an activating group) is 1. The average Bonchev–Trinajstić information content (AvgIpc) is 2.58. The number of carbonyl (C=O) groups excluding carboxylic acids is 2. The van der Waals surface area contributed by atoms with Crippen molar-refractivity contribution in [3.63, 3.8) is 0 Å². The van der Waals surface area contributed by atoms with Crippen LogP contribution in [0.15, 0.2) is 48.5 Å². The number of alkyl halides is 2. The van der Waals surface area contributed by atoms with E-state index in [2.05, 4.69) is 15.4 Å². The maximum absolute atomic E-state index is 12.4. The molecule has 1 unspecified atom stereocenters. The molecule has 0 aromatic heterocycles. The van der Waals surface area contributed by atoms with Crippen molar-refractivity contribution in [1.82, 2.24) is 0 Å². The van der Waals surface area contributed by atoms with Crippen molar-refractivity contribution >= 4 is 34.8 Å². The second-order valence-corrected chi connectivity index (χ2v) is 6.17. The van der Waals surface area contributed by atoms with Crippen molar-refractivity contribution in [2.75, 3.05) is 30.8 Å². The number of hydrogen-bond donors (Lipinski definition) is 3. The van der Waals surface area contributed by atoms with Crippen LogP contribution in [0.4, 0.5) is 20.2 Å². The standard InChI is InChI=1S/C18H18ClF2N3O3/c1-24(10-16(25)22-13-7-3-2-6-12(13)19)11-17(26)23-14-8-4-5-9-15(14)27-18(20)21/h2-9,18H,10-11H2,1H3,(H,22,25)(H,23,26)/p+1. The first-order chi connectivity index (χ1) is 12.8. The quantitative estimate of drug-likeness (QED) is 0.637. The van der Waals surface area contributed by atoms with Gasteiger partial charge < -0.3 is 20.3 Å². The molecular weight excluding hydrogens is 380 g/mol. The Bertz CT molecular complexity index is 805. The molecule has 27 heavy (non-hydrogen) atoms. The van der Waals surface area contributed by atoms with Crippen LogP contribution in [0.1, 0.15) is 0 Å². The summed E-state index contributed by atoms with van der Waals surface area (Å²) < 4.78 is 29.2. The maximum atomic E-state index is 12.4. The maximum Gasteiger partial charge on any atom is 0.387 e. The lowest BCUT2D eigenvalue weighted by Crippen LogP contribution is -3.11. The van der Waals surface area contributed by atoms with Crippen LogP contribution in [0.3, 0.4) is 0 Å². The van der Waals surface area contributed by atoms with Crippen LogP contribution >= 0.6 is 11.6 Å². The van der Waals surface area contributed by atoms with Gasteiger partial charge >= 0.3 is 6.61 Å². The fourth-order valence-electron chi connectivity index (χ4n) is 2.33. The third-order valence-electron chi connectivity index (χ3n) is 3.45. The molecule has 0 aliphatic heterocycles. The Morgan fingerprint density at radius 1 is 1.00 bits per heavy atom. The lowest BCUT2D eigenvalue weighted by Gasteiger charge is -2.15. The molecule has 0 heterocycles. The van der Waals surface area contributed by atoms with Crippen molar-refractivity contribution in [2.45, 2.75) is 6.61 Å². The topological polar surface area (TPSA) is 71.9 Å². The molecule has 6 nitrogen and oxygen atoms in total. The number of nitrogens with one attached hydrogen (secondary N) is 3. The number of quaternary nitrogens is 1. The molecule has 0 spiro atoms. The van der Waals surface area contributed by atoms with Crippen molar-refractivity contribution in [3.8, 4) is 5.75 Å². The SMILES string of the molecule is C[NH+](CC(=O)Nc1ccccc1Cl)CC(=O)Nc1ccccc1OC(F)F. The zero-order chi connectivity index (χ0) is 19.8. The zero-order valence-corrected chi connectivity index (χ0v) is 15.2. The first kappa shape index (κ1) is 20.6. The monoisotopic (exact) mass is 398 g/mol. The van der Waals surface area contributed by atoms with E-state index in [1.165, 1.54) is 18.2 Å². The van der Waals surface area contributed by atoms with Crippen LogP contribution < -0.4 is 20.3 Å². The van der Waals surface area contributed by atoms with Gasteiger partial charge in [0.1, 0.15) is 5.75 Å². The van der Waals surface area contributed by atoms with Gasteiger partial charge in [0.2, 0.25) is 0 Å². The minimum atomic E-state index is -3.00. The van der Waals surface area contributed by atoms with Gasteiger partial charge in [0.25, 0.3) is 11.8 Å². The van der Waals surface area contributed by atoms with Gasteiger partial charge in [0, 0.05) is 0 Å². The van der Waals surface area contributed by atoms with Gasteiger partial charge in [0.05, 0.1) is 23.4 Å². The van der Waals surface area contributed by atoms with Gasteiger partial charge in [0.15, 0.2) is 13.1 Å². The number of ether oxygens (including phenoxy) is 1. The fourth-order valence-corrected chi connectivity index (χ4v) is 2.51. The summed E-state index contributed by atoms with van der Waals surface area (Å²) in [6.07, 6.45) is 0. The summed E-state index contributed by atoms with van der Waals surface area (Å²) in [5.74, 6) is -0.881. The third-order valence-corrected chi connectivity index (χ3v) is 3.78. The lowest BCUT2D eigenvalue weighted by molar-refractivity contribution is -0.862. The Balaban J connectivity index is 1.87. The predicted octanol–water partition coefficient (Wildman–Crippen LogP) is 2.03. The molecule has 2 aromatic carbocycles. The van der Waals surface area contributed by atoms with Crippen LogP contribution in [0, 0.1) is 0 Å². The van der Waals surface area contributed by atoms with Gasteiger partial charge in [-0.1, -0.05) is 35.9 Å². The van der Waals surface area contributed by atoms with Crippen LogP contribution in [0.2, 0.25) is 5.02 Å². The van der Waals surface area contributed by atoms with Crippen LogP contribution in [-0.2, 0) is 9.59 Å². The summed E-state index contributed by atoms with van der Waals surface area (Å²) >= 11 is 5.98. The molecule has 144 valence electrons. The first-order valence-corrected chi connectivity index (χ1v) is 8.42. The number of para-hydroxylation sites is 3. The van der Waals surface area contributed by atoms with Crippen molar-refractivity contribution in [1.29, 1.82) is 0 Å². The fraction of sp³-hybridized carbons (Fsp3) is 0.222. The first-order valence-electron chi connectivity index (χ1n) is 8.04. The highest BCUT2D eigenvalue weighted by molar-refractivity contribution is 6.33. The molecule has 0 saturated carbocycles. The van der Waals surface area contributed by atoms with E-state index in [1.807, 2.05) is 0 Å². The van der Waals surface area contributed by atoms with Crippen LogP contribution in [-0.4, -0.2) is 38.6 Å². The van der Waals surface area contributed by atoms with E-state index < -0.39 is 12.5 Å². The Hall–Kier alpha value is -2.71. The number of hydrogen-bond acceptors (Lipinski definition) is 3. The van der Waals surface area contributed by atoms with Gasteiger partial charge in [-0.15, -0.1) is 0 Å². The smallest absolute Gasteiger partial charge is 0.387 e. The number of amides is 2. The van der Waals surface area contributed by atoms with E-state index in [9.17, 15) is 18.4 Å². The Morgan fingerprint density at radius 2 is 1.52 bits per heavy atom. The van der Waals surface area contributed by atoms with Crippen molar-refractivity contribution in [3.05, 3.63) is 53.6 Å². The molecule has 9 heteroatoms. The summed E-state index contributed by atoms with van der Waals surface area (Å²) in [6, 6.07) is 12.7. The Labute approximate surface area is 160 Å². The number of rotatable bonds is 8. The molecule has 1 atom stereocenters. The molecule has 0 aliphatic carbocycles. The molecule has 0 saturated heterocycles.